The van der Waals surface area contributed by atoms with Crippen LogP contribution in [0.3, 0.4) is 0 Å². The molecule has 0 aliphatic carbocycles. The first-order chi connectivity index (χ1) is 20.0. The Bertz CT molecular complexity index is 1510. The van der Waals surface area contributed by atoms with Gasteiger partial charge >= 0.3 is 0 Å². The second kappa shape index (κ2) is 14.4. The molecule has 4 nitrogen and oxygen atoms in total. The van der Waals surface area contributed by atoms with Gasteiger partial charge in [0.25, 0.3) is 0 Å². The zero-order valence-corrected chi connectivity index (χ0v) is 25.9. The number of ether oxygens (including phenoxy) is 1. The Labute approximate surface area is 252 Å². The number of benzene rings is 4. The molecule has 0 aliphatic rings. The molecular formula is C36H39BrN2O2. The fourth-order valence-electron chi connectivity index (χ4n) is 5.39. The molecule has 0 amide bonds. The van der Waals surface area contributed by atoms with Crippen LogP contribution >= 0.6 is 15.9 Å². The number of nitrogens with zero attached hydrogens (tertiary/aromatic N) is 2. The maximum Gasteiger partial charge on any atom is 0.217 e. The fraction of sp³-hybridized carbons (Fsp3) is 0.250. The van der Waals surface area contributed by atoms with E-state index in [1.165, 1.54) is 5.56 Å². The number of aliphatic hydroxyl groups is 1. The highest BCUT2D eigenvalue weighted by atomic mass is 79.9. The predicted molar refractivity (Wildman–Crippen MR) is 173 cm³/mol. The molecule has 1 N–H and O–H groups in total. The topological polar surface area (TPSA) is 45.6 Å². The Morgan fingerprint density at radius 2 is 1.46 bits per heavy atom. The molecule has 1 aromatic heterocycles. The average Bonchev–Trinajstić information content (AvgIpc) is 3.02. The Morgan fingerprint density at radius 1 is 0.854 bits per heavy atom. The Hall–Kier alpha value is -3.51. The van der Waals surface area contributed by atoms with Crippen molar-refractivity contribution >= 4 is 26.8 Å². The van der Waals surface area contributed by atoms with Crippen molar-refractivity contribution in [2.45, 2.75) is 38.3 Å². The highest BCUT2D eigenvalue weighted by molar-refractivity contribution is 9.10. The number of hydrogen-bond acceptors (Lipinski definition) is 4. The van der Waals surface area contributed by atoms with Gasteiger partial charge in [-0.25, -0.2) is 4.98 Å². The lowest BCUT2D eigenvalue weighted by molar-refractivity contribution is 0.00170. The summed E-state index contributed by atoms with van der Waals surface area (Å²) >= 11 is 3.60. The van der Waals surface area contributed by atoms with Crippen molar-refractivity contribution in [1.82, 2.24) is 9.88 Å². The third kappa shape index (κ3) is 7.23. The molecule has 0 fully saturated rings. The van der Waals surface area contributed by atoms with Gasteiger partial charge in [-0.2, -0.15) is 0 Å². The monoisotopic (exact) mass is 610 g/mol. The molecule has 0 saturated heterocycles. The lowest BCUT2D eigenvalue weighted by Crippen LogP contribution is -2.38. The third-order valence-corrected chi connectivity index (χ3v) is 7.82. The van der Waals surface area contributed by atoms with Crippen LogP contribution in [0.25, 0.3) is 10.9 Å². The molecule has 1 heterocycles. The highest BCUT2D eigenvalue weighted by Crippen LogP contribution is 2.47. The summed E-state index contributed by atoms with van der Waals surface area (Å²) in [7, 11) is 3.75. The van der Waals surface area contributed by atoms with Crippen molar-refractivity contribution in [3.8, 4) is 5.88 Å². The van der Waals surface area contributed by atoms with Crippen LogP contribution < -0.4 is 4.74 Å². The molecule has 2 atom stereocenters. The first-order valence-corrected chi connectivity index (χ1v) is 15.0. The van der Waals surface area contributed by atoms with Crippen LogP contribution in [0.1, 0.15) is 48.4 Å². The van der Waals surface area contributed by atoms with Crippen molar-refractivity contribution in [3.63, 3.8) is 0 Å². The van der Waals surface area contributed by atoms with Crippen molar-refractivity contribution in [2.75, 3.05) is 20.7 Å². The molecule has 41 heavy (non-hydrogen) atoms. The zero-order chi connectivity index (χ0) is 29.2. The molecule has 212 valence electrons. The lowest BCUT2D eigenvalue weighted by atomic mass is 9.71. The van der Waals surface area contributed by atoms with Crippen molar-refractivity contribution in [3.05, 3.63) is 142 Å². The minimum atomic E-state index is -1.23. The van der Waals surface area contributed by atoms with Gasteiger partial charge in [-0.1, -0.05) is 121 Å². The van der Waals surface area contributed by atoms with Crippen LogP contribution in [-0.2, 0) is 12.1 Å². The first kappa shape index (κ1) is 30.4. The SMILES string of the molecule is CC.COc1nc2ccc(Br)cc2cc1C(c1ccccc1)C(O)(CCN(C)Cc1ccccc1)c1ccccc1. The standard InChI is InChI=1S/C34H33BrN2O2.C2H6/c1-37(24-25-12-6-3-7-13-25)21-20-34(38,28-16-10-5-11-17-28)32(26-14-8-4-9-15-26)30-23-27-22-29(35)18-19-31(27)36-33(30)39-2;1-2/h3-19,22-23,32,38H,20-21,24H2,1-2H3;1-2H3. The van der Waals surface area contributed by atoms with E-state index in [1.54, 1.807) is 7.11 Å². The number of methoxy groups -OCH3 is 1. The van der Waals surface area contributed by atoms with E-state index in [-0.39, 0.29) is 0 Å². The quantitative estimate of drug-likeness (QED) is 0.172. The summed E-state index contributed by atoms with van der Waals surface area (Å²) in [6.07, 6.45) is 0.513. The maximum absolute atomic E-state index is 12.9. The van der Waals surface area contributed by atoms with Gasteiger partial charge in [0, 0.05) is 34.4 Å². The van der Waals surface area contributed by atoms with E-state index in [0.717, 1.165) is 38.6 Å². The van der Waals surface area contributed by atoms with E-state index in [4.69, 9.17) is 9.72 Å². The van der Waals surface area contributed by atoms with E-state index >= 15 is 0 Å². The number of pyridine rings is 1. The maximum atomic E-state index is 12.9. The number of halogens is 1. The van der Waals surface area contributed by atoms with Gasteiger partial charge in [-0.15, -0.1) is 0 Å². The summed E-state index contributed by atoms with van der Waals surface area (Å²) < 4.78 is 6.85. The predicted octanol–water partition coefficient (Wildman–Crippen LogP) is 8.57. The molecule has 0 bridgehead atoms. The van der Waals surface area contributed by atoms with Crippen molar-refractivity contribution in [2.24, 2.45) is 0 Å². The van der Waals surface area contributed by atoms with Gasteiger partial charge in [-0.05, 0) is 54.4 Å². The summed E-state index contributed by atoms with van der Waals surface area (Å²) in [6, 6.07) is 38.8. The van der Waals surface area contributed by atoms with Crippen molar-refractivity contribution in [1.29, 1.82) is 0 Å². The largest absolute Gasteiger partial charge is 0.481 e. The van der Waals surface area contributed by atoms with Crippen LogP contribution in [0.15, 0.2) is 120 Å². The molecule has 0 spiro atoms. The number of aromatic nitrogens is 1. The summed E-state index contributed by atoms with van der Waals surface area (Å²) in [5.41, 5.74) is 3.58. The van der Waals surface area contributed by atoms with Crippen LogP contribution in [0.4, 0.5) is 0 Å². The fourth-order valence-corrected chi connectivity index (χ4v) is 5.77. The Kier molecular flexibility index (Phi) is 10.7. The van der Waals surface area contributed by atoms with E-state index < -0.39 is 11.5 Å². The van der Waals surface area contributed by atoms with E-state index in [2.05, 4.69) is 76.4 Å². The summed E-state index contributed by atoms with van der Waals surface area (Å²) in [5.74, 6) is 0.0997. The minimum Gasteiger partial charge on any atom is -0.481 e. The number of fused-ring (bicyclic) bond motifs is 1. The van der Waals surface area contributed by atoms with Gasteiger partial charge in [0.2, 0.25) is 5.88 Å². The molecular weight excluding hydrogens is 572 g/mol. The van der Waals surface area contributed by atoms with E-state index in [1.807, 2.05) is 80.6 Å². The third-order valence-electron chi connectivity index (χ3n) is 7.33. The first-order valence-electron chi connectivity index (χ1n) is 14.2. The molecule has 0 radical (unpaired) electrons. The molecule has 5 heteroatoms. The number of rotatable bonds is 10. The van der Waals surface area contributed by atoms with Crippen molar-refractivity contribution < 1.29 is 9.84 Å². The van der Waals surface area contributed by atoms with Crippen LogP contribution in [-0.4, -0.2) is 35.7 Å². The Morgan fingerprint density at radius 3 is 2.10 bits per heavy atom. The molecule has 2 unspecified atom stereocenters. The molecule has 0 saturated carbocycles. The molecule has 5 aromatic rings. The second-order valence-electron chi connectivity index (χ2n) is 10.0. The van der Waals surface area contributed by atoms with Gasteiger partial charge in [0.05, 0.1) is 12.6 Å². The minimum absolute atomic E-state index is 0.419. The summed E-state index contributed by atoms with van der Waals surface area (Å²) in [4.78, 5) is 7.14. The molecule has 5 rings (SSSR count). The Balaban J connectivity index is 0.00000189. The molecule has 0 aliphatic heterocycles. The van der Waals surface area contributed by atoms with Gasteiger partial charge in [0.1, 0.15) is 5.60 Å². The van der Waals surface area contributed by atoms with E-state index in [9.17, 15) is 5.11 Å². The second-order valence-corrected chi connectivity index (χ2v) is 10.9. The smallest absolute Gasteiger partial charge is 0.217 e. The average molecular weight is 612 g/mol. The number of hydrogen-bond donors (Lipinski definition) is 1. The lowest BCUT2D eigenvalue weighted by Gasteiger charge is -2.39. The van der Waals surface area contributed by atoms with Gasteiger partial charge in [-0.3, -0.25) is 0 Å². The highest BCUT2D eigenvalue weighted by Gasteiger charge is 2.42. The summed E-state index contributed by atoms with van der Waals surface area (Å²) in [6.45, 7) is 5.50. The normalized spacial score (nSPS) is 13.2. The summed E-state index contributed by atoms with van der Waals surface area (Å²) in [5, 5.41) is 13.9. The van der Waals surface area contributed by atoms with E-state index in [0.29, 0.717) is 18.8 Å². The van der Waals surface area contributed by atoms with Crippen LogP contribution in [0.2, 0.25) is 0 Å². The van der Waals surface area contributed by atoms with Gasteiger partial charge in [0.15, 0.2) is 0 Å². The van der Waals surface area contributed by atoms with Crippen LogP contribution in [0.5, 0.6) is 5.88 Å². The van der Waals surface area contributed by atoms with Crippen LogP contribution in [0, 0.1) is 0 Å². The van der Waals surface area contributed by atoms with Gasteiger partial charge < -0.3 is 14.7 Å². The zero-order valence-electron chi connectivity index (χ0n) is 24.3. The molecule has 4 aromatic carbocycles.